The van der Waals surface area contributed by atoms with Crippen molar-refractivity contribution >= 4 is 22.6 Å². The van der Waals surface area contributed by atoms with Crippen molar-refractivity contribution in [3.63, 3.8) is 0 Å². The lowest BCUT2D eigenvalue weighted by molar-refractivity contribution is 0.683. The van der Waals surface area contributed by atoms with Crippen molar-refractivity contribution < 1.29 is 4.21 Å². The van der Waals surface area contributed by atoms with Gasteiger partial charge in [0, 0.05) is 40.6 Å². The van der Waals surface area contributed by atoms with Crippen molar-refractivity contribution in [1.29, 1.82) is 0 Å². The van der Waals surface area contributed by atoms with E-state index in [1.807, 2.05) is 13.8 Å². The first kappa shape index (κ1) is 11.9. The third-order valence-electron chi connectivity index (χ3n) is 1.86. The van der Waals surface area contributed by atoms with E-state index in [0.29, 0.717) is 11.6 Å². The molecule has 0 amide bonds. The number of hydrogen-bond acceptors (Lipinski definition) is 5. The number of anilines is 2. The first-order valence-corrected chi connectivity index (χ1v) is 6.37. The number of nitrogens with zero attached hydrogens (tertiary/aromatic N) is 2. The van der Waals surface area contributed by atoms with Crippen molar-refractivity contribution in [2.75, 3.05) is 23.1 Å². The zero-order chi connectivity index (χ0) is 11.4. The molecule has 6 heteroatoms. The fourth-order valence-corrected chi connectivity index (χ4v) is 2.02. The maximum atomic E-state index is 11.0. The van der Waals surface area contributed by atoms with Crippen LogP contribution < -0.4 is 11.1 Å². The van der Waals surface area contributed by atoms with E-state index in [1.54, 1.807) is 12.5 Å². The van der Waals surface area contributed by atoms with Crippen LogP contribution in [0.15, 0.2) is 6.20 Å². The lowest BCUT2D eigenvalue weighted by Gasteiger charge is -2.14. The summed E-state index contributed by atoms with van der Waals surface area (Å²) in [7, 11) is -0.818. The average Bonchev–Trinajstić information content (AvgIpc) is 2.10. The number of aromatic nitrogens is 2. The molecule has 0 aliphatic rings. The molecule has 0 aromatic carbocycles. The van der Waals surface area contributed by atoms with Gasteiger partial charge in [0.25, 0.3) is 0 Å². The van der Waals surface area contributed by atoms with Gasteiger partial charge in [0.1, 0.15) is 5.82 Å². The molecule has 84 valence electrons. The van der Waals surface area contributed by atoms with E-state index in [1.165, 1.54) is 0 Å². The first-order valence-electron chi connectivity index (χ1n) is 4.64. The Kier molecular flexibility index (Phi) is 4.02. The number of nitrogen functional groups attached to an aromatic ring is 1. The molecule has 0 spiro atoms. The van der Waals surface area contributed by atoms with Crippen molar-refractivity contribution in [2.45, 2.75) is 19.9 Å². The molecule has 0 saturated carbocycles. The molecule has 1 rings (SSSR count). The normalized spacial score (nSPS) is 14.6. The van der Waals surface area contributed by atoms with E-state index in [9.17, 15) is 4.21 Å². The maximum Gasteiger partial charge on any atom is 0.221 e. The Labute approximate surface area is 92.0 Å². The summed E-state index contributed by atoms with van der Waals surface area (Å²) in [5.74, 6) is 1.54. The number of nitrogens with two attached hydrogens (primary N) is 1. The Hall–Kier alpha value is -1.17. The molecular weight excluding hydrogens is 212 g/mol. The molecule has 5 nitrogen and oxygen atoms in total. The van der Waals surface area contributed by atoms with Crippen LogP contribution in [-0.4, -0.2) is 32.2 Å². The first-order chi connectivity index (χ1) is 6.99. The third kappa shape index (κ3) is 3.83. The van der Waals surface area contributed by atoms with Gasteiger partial charge in [-0.3, -0.25) is 4.21 Å². The number of nitrogens with one attached hydrogen (secondary N) is 1. The highest BCUT2D eigenvalue weighted by molar-refractivity contribution is 7.84. The second-order valence-electron chi connectivity index (χ2n) is 3.55. The van der Waals surface area contributed by atoms with Crippen molar-refractivity contribution in [2.24, 2.45) is 0 Å². The van der Waals surface area contributed by atoms with Crippen LogP contribution in [0.5, 0.6) is 0 Å². The Morgan fingerprint density at radius 2 is 2.33 bits per heavy atom. The minimum absolute atomic E-state index is 0.101. The van der Waals surface area contributed by atoms with Gasteiger partial charge in [0.2, 0.25) is 5.95 Å². The molecule has 0 aliphatic carbocycles. The highest BCUT2D eigenvalue weighted by Crippen LogP contribution is 2.12. The molecule has 0 radical (unpaired) electrons. The molecule has 0 fully saturated rings. The van der Waals surface area contributed by atoms with E-state index >= 15 is 0 Å². The highest BCUT2D eigenvalue weighted by atomic mass is 32.2. The lowest BCUT2D eigenvalue weighted by atomic mass is 10.3. The van der Waals surface area contributed by atoms with Gasteiger partial charge in [-0.05, 0) is 13.8 Å². The highest BCUT2D eigenvalue weighted by Gasteiger charge is 2.07. The summed E-state index contributed by atoms with van der Waals surface area (Å²) in [5, 5.41) is 3.16. The molecule has 1 aromatic heterocycles. The summed E-state index contributed by atoms with van der Waals surface area (Å²) in [6.07, 6.45) is 3.35. The van der Waals surface area contributed by atoms with Gasteiger partial charge in [-0.25, -0.2) is 4.98 Å². The van der Waals surface area contributed by atoms with Gasteiger partial charge in [0.05, 0.1) is 0 Å². The van der Waals surface area contributed by atoms with E-state index in [4.69, 9.17) is 5.73 Å². The predicted octanol–water partition coefficient (Wildman–Crippen LogP) is 0.546. The molecule has 0 bridgehead atoms. The Bertz CT molecular complexity index is 369. The van der Waals surface area contributed by atoms with Crippen molar-refractivity contribution in [3.05, 3.63) is 11.8 Å². The smallest absolute Gasteiger partial charge is 0.221 e. The second kappa shape index (κ2) is 5.06. The zero-order valence-corrected chi connectivity index (χ0v) is 9.97. The van der Waals surface area contributed by atoms with Crippen LogP contribution in [0.3, 0.4) is 0 Å². The molecule has 0 saturated heterocycles. The topological polar surface area (TPSA) is 80.9 Å². The van der Waals surface area contributed by atoms with Gasteiger partial charge in [0.15, 0.2) is 0 Å². The molecular formula is C9H16N4OS. The SMILES string of the molecule is Cc1cnc(N)nc1NC(C)CS(C)=O. The van der Waals surface area contributed by atoms with E-state index in [2.05, 4.69) is 15.3 Å². The van der Waals surface area contributed by atoms with E-state index < -0.39 is 10.8 Å². The average molecular weight is 228 g/mol. The van der Waals surface area contributed by atoms with E-state index in [0.717, 1.165) is 5.56 Å². The lowest BCUT2D eigenvalue weighted by Crippen LogP contribution is -2.23. The molecule has 15 heavy (non-hydrogen) atoms. The van der Waals surface area contributed by atoms with Crippen LogP contribution in [0.2, 0.25) is 0 Å². The minimum atomic E-state index is -0.818. The number of aryl methyl sites for hydroxylation is 1. The number of rotatable bonds is 4. The zero-order valence-electron chi connectivity index (χ0n) is 9.15. The summed E-state index contributed by atoms with van der Waals surface area (Å²) >= 11 is 0. The Morgan fingerprint density at radius 1 is 1.67 bits per heavy atom. The van der Waals surface area contributed by atoms with Gasteiger partial charge >= 0.3 is 0 Å². The molecule has 1 aromatic rings. The van der Waals surface area contributed by atoms with Crippen LogP contribution in [0.1, 0.15) is 12.5 Å². The Balaban J connectivity index is 2.71. The van der Waals surface area contributed by atoms with Crippen LogP contribution in [0.4, 0.5) is 11.8 Å². The quantitative estimate of drug-likeness (QED) is 0.786. The third-order valence-corrected chi connectivity index (χ3v) is 2.83. The van der Waals surface area contributed by atoms with Crippen LogP contribution >= 0.6 is 0 Å². The summed E-state index contributed by atoms with van der Waals surface area (Å²) in [4.78, 5) is 7.95. The largest absolute Gasteiger partial charge is 0.368 e. The Morgan fingerprint density at radius 3 is 2.93 bits per heavy atom. The fraction of sp³-hybridized carbons (Fsp3) is 0.556. The monoisotopic (exact) mass is 228 g/mol. The second-order valence-corrected chi connectivity index (χ2v) is 5.02. The molecule has 2 unspecified atom stereocenters. The molecule has 2 atom stereocenters. The van der Waals surface area contributed by atoms with Gasteiger partial charge in [-0.2, -0.15) is 4.98 Å². The minimum Gasteiger partial charge on any atom is -0.368 e. The standard InChI is InChI=1S/C9H16N4OS/c1-6-4-11-9(10)13-8(6)12-7(2)5-15(3)14/h4,7H,5H2,1-3H3,(H3,10,11,12,13). The van der Waals surface area contributed by atoms with Gasteiger partial charge < -0.3 is 11.1 Å². The van der Waals surface area contributed by atoms with Crippen molar-refractivity contribution in [3.8, 4) is 0 Å². The predicted molar refractivity (Wildman–Crippen MR) is 63.2 cm³/mol. The van der Waals surface area contributed by atoms with Crippen LogP contribution in [-0.2, 0) is 10.8 Å². The summed E-state index contributed by atoms with van der Waals surface area (Å²) in [5.41, 5.74) is 6.41. The van der Waals surface area contributed by atoms with Crippen molar-refractivity contribution in [1.82, 2.24) is 9.97 Å². The molecule has 1 heterocycles. The summed E-state index contributed by atoms with van der Waals surface area (Å²) in [6.45, 7) is 3.86. The maximum absolute atomic E-state index is 11.0. The van der Waals surface area contributed by atoms with E-state index in [-0.39, 0.29) is 12.0 Å². The number of hydrogen-bond donors (Lipinski definition) is 2. The molecule has 0 aliphatic heterocycles. The van der Waals surface area contributed by atoms with Gasteiger partial charge in [-0.1, -0.05) is 0 Å². The summed E-state index contributed by atoms with van der Waals surface area (Å²) in [6, 6.07) is 0.101. The van der Waals surface area contributed by atoms with Crippen LogP contribution in [0.25, 0.3) is 0 Å². The van der Waals surface area contributed by atoms with Crippen LogP contribution in [0, 0.1) is 6.92 Å². The van der Waals surface area contributed by atoms with Gasteiger partial charge in [-0.15, -0.1) is 0 Å². The molecule has 3 N–H and O–H groups in total. The summed E-state index contributed by atoms with van der Waals surface area (Å²) < 4.78 is 11.0. The fourth-order valence-electron chi connectivity index (χ4n) is 1.23.